The van der Waals surface area contributed by atoms with Crippen molar-refractivity contribution in [2.45, 2.75) is 18.7 Å². The Morgan fingerprint density at radius 3 is 2.47 bits per heavy atom. The first-order valence-corrected chi connectivity index (χ1v) is 7.57. The maximum atomic E-state index is 11.2. The third kappa shape index (κ3) is 2.61. The van der Waals surface area contributed by atoms with E-state index in [4.69, 9.17) is 0 Å². The smallest absolute Gasteiger partial charge is 0.331 e. The fourth-order valence-electron chi connectivity index (χ4n) is 2.51. The summed E-state index contributed by atoms with van der Waals surface area (Å²) < 4.78 is 0. The zero-order valence-electron chi connectivity index (χ0n) is 11.4. The summed E-state index contributed by atoms with van der Waals surface area (Å²) in [5.74, 6) is -0.565. The van der Waals surface area contributed by atoms with Crippen molar-refractivity contribution in [3.63, 3.8) is 0 Å². The third-order valence-corrected chi connectivity index (χ3v) is 4.63. The lowest BCUT2D eigenvalue weighted by Gasteiger charge is -2.28. The van der Waals surface area contributed by atoms with Crippen LogP contribution in [-0.4, -0.2) is 17.3 Å². The highest BCUT2D eigenvalue weighted by atomic mass is 32.2. The van der Waals surface area contributed by atoms with E-state index in [2.05, 4.69) is 25.3 Å². The molecule has 0 aromatic heterocycles. The van der Waals surface area contributed by atoms with Crippen molar-refractivity contribution in [1.29, 1.82) is 0 Å². The first-order valence-electron chi connectivity index (χ1n) is 6.34. The molecule has 0 heterocycles. The molecular weight excluding hydrogens is 256 g/mol. The van der Waals surface area contributed by atoms with Crippen LogP contribution in [0.5, 0.6) is 0 Å². The minimum atomic E-state index is -0.812. The van der Waals surface area contributed by atoms with Gasteiger partial charge >= 0.3 is 5.97 Å². The molecule has 0 saturated carbocycles. The summed E-state index contributed by atoms with van der Waals surface area (Å²) in [7, 11) is 0. The maximum Gasteiger partial charge on any atom is 0.331 e. The van der Waals surface area contributed by atoms with Crippen molar-refractivity contribution < 1.29 is 9.90 Å². The van der Waals surface area contributed by atoms with Crippen molar-refractivity contribution in [1.82, 2.24) is 0 Å². The van der Waals surface area contributed by atoms with Gasteiger partial charge in [-0.2, -0.15) is 0 Å². The van der Waals surface area contributed by atoms with Crippen molar-refractivity contribution in [2.24, 2.45) is 11.8 Å². The van der Waals surface area contributed by atoms with E-state index in [9.17, 15) is 9.90 Å². The fraction of sp³-hybridized carbons (Fsp3) is 0.312. The van der Waals surface area contributed by atoms with Crippen LogP contribution in [0.25, 0.3) is 5.57 Å². The van der Waals surface area contributed by atoms with Gasteiger partial charge in [0.2, 0.25) is 0 Å². The van der Waals surface area contributed by atoms with Crippen LogP contribution in [0.4, 0.5) is 0 Å². The Kier molecular flexibility index (Phi) is 4.15. The average Bonchev–Trinajstić information content (AvgIpc) is 2.41. The molecule has 1 aromatic carbocycles. The number of hydrogen-bond donors (Lipinski definition) is 1. The normalized spacial score (nSPS) is 22.7. The minimum Gasteiger partial charge on any atom is -0.478 e. The van der Waals surface area contributed by atoms with E-state index in [0.29, 0.717) is 5.57 Å². The molecule has 2 rings (SSSR count). The SMILES string of the molecule is CSc1ccccc1C1=CC=C(C(=O)O)C(C)C1C. The van der Waals surface area contributed by atoms with Crippen LogP contribution in [0.1, 0.15) is 19.4 Å². The summed E-state index contributed by atoms with van der Waals surface area (Å²) in [5, 5.41) is 9.18. The molecule has 100 valence electrons. The lowest BCUT2D eigenvalue weighted by Crippen LogP contribution is -2.21. The number of hydrogen-bond acceptors (Lipinski definition) is 2. The standard InChI is InChI=1S/C16H18O2S/c1-10-11(2)13(16(17)18)9-8-12(10)14-6-4-5-7-15(14)19-3/h4-11H,1-3H3,(H,17,18). The Morgan fingerprint density at radius 2 is 1.84 bits per heavy atom. The van der Waals surface area contributed by atoms with E-state index in [1.165, 1.54) is 16.0 Å². The molecule has 1 aliphatic carbocycles. The number of allylic oxidation sites excluding steroid dienone is 3. The second-order valence-corrected chi connectivity index (χ2v) is 5.67. The number of carbonyl (C=O) groups is 1. The number of carboxylic acid groups (broad SMARTS) is 1. The molecule has 0 saturated heterocycles. The molecule has 0 radical (unpaired) electrons. The van der Waals surface area contributed by atoms with Gasteiger partial charge in [0, 0.05) is 10.5 Å². The second-order valence-electron chi connectivity index (χ2n) is 4.83. The molecule has 0 aliphatic heterocycles. The Bertz CT molecular complexity index is 558. The van der Waals surface area contributed by atoms with Gasteiger partial charge in [0.15, 0.2) is 0 Å². The highest BCUT2D eigenvalue weighted by molar-refractivity contribution is 7.98. The molecule has 2 atom stereocenters. The molecule has 2 unspecified atom stereocenters. The molecule has 19 heavy (non-hydrogen) atoms. The van der Waals surface area contributed by atoms with Crippen molar-refractivity contribution in [3.8, 4) is 0 Å². The summed E-state index contributed by atoms with van der Waals surface area (Å²) in [4.78, 5) is 12.4. The molecule has 0 amide bonds. The van der Waals surface area contributed by atoms with Crippen LogP contribution in [0.2, 0.25) is 0 Å². The summed E-state index contributed by atoms with van der Waals surface area (Å²) in [6.45, 7) is 4.09. The molecule has 3 heteroatoms. The number of aliphatic carboxylic acids is 1. The lowest BCUT2D eigenvalue weighted by atomic mass is 9.77. The van der Waals surface area contributed by atoms with E-state index in [1.54, 1.807) is 17.8 Å². The summed E-state index contributed by atoms with van der Waals surface area (Å²) in [6, 6.07) is 8.28. The Balaban J connectivity index is 2.48. The largest absolute Gasteiger partial charge is 0.478 e. The molecule has 0 bridgehead atoms. The fourth-order valence-corrected chi connectivity index (χ4v) is 3.13. The van der Waals surface area contributed by atoms with Crippen molar-refractivity contribution in [2.75, 3.05) is 6.26 Å². The molecule has 2 nitrogen and oxygen atoms in total. The van der Waals surface area contributed by atoms with Crippen LogP contribution in [0.3, 0.4) is 0 Å². The Hall–Kier alpha value is -1.48. The van der Waals surface area contributed by atoms with Crippen LogP contribution < -0.4 is 0 Å². The molecule has 1 aliphatic rings. The zero-order valence-corrected chi connectivity index (χ0v) is 12.2. The van der Waals surface area contributed by atoms with Gasteiger partial charge in [-0.05, 0) is 35.3 Å². The van der Waals surface area contributed by atoms with Crippen LogP contribution in [0, 0.1) is 11.8 Å². The minimum absolute atomic E-state index is 0.0346. The summed E-state index contributed by atoms with van der Waals surface area (Å²) >= 11 is 1.72. The first-order chi connectivity index (χ1) is 9.06. The molecule has 1 aromatic rings. The molecular formula is C16H18O2S. The van der Waals surface area contributed by atoms with Gasteiger partial charge in [-0.15, -0.1) is 11.8 Å². The number of thioether (sulfide) groups is 1. The number of carboxylic acids is 1. The monoisotopic (exact) mass is 274 g/mol. The van der Waals surface area contributed by atoms with Crippen molar-refractivity contribution >= 4 is 23.3 Å². The van der Waals surface area contributed by atoms with Gasteiger partial charge in [0.1, 0.15) is 0 Å². The third-order valence-electron chi connectivity index (χ3n) is 3.84. The highest BCUT2D eigenvalue weighted by Gasteiger charge is 2.28. The quantitative estimate of drug-likeness (QED) is 0.844. The number of benzene rings is 1. The lowest BCUT2D eigenvalue weighted by molar-refractivity contribution is -0.133. The van der Waals surface area contributed by atoms with Crippen LogP contribution >= 0.6 is 11.8 Å². The van der Waals surface area contributed by atoms with Gasteiger partial charge < -0.3 is 5.11 Å². The second kappa shape index (κ2) is 5.66. The Labute approximate surface area is 118 Å². The van der Waals surface area contributed by atoms with E-state index < -0.39 is 5.97 Å². The topological polar surface area (TPSA) is 37.3 Å². The molecule has 0 spiro atoms. The predicted octanol–water partition coefficient (Wildman–Crippen LogP) is 4.09. The van der Waals surface area contributed by atoms with Crippen molar-refractivity contribution in [3.05, 3.63) is 47.6 Å². The zero-order chi connectivity index (χ0) is 14.0. The maximum absolute atomic E-state index is 11.2. The van der Waals surface area contributed by atoms with E-state index >= 15 is 0 Å². The average molecular weight is 274 g/mol. The van der Waals surface area contributed by atoms with Gasteiger partial charge in [-0.25, -0.2) is 4.79 Å². The van der Waals surface area contributed by atoms with E-state index in [-0.39, 0.29) is 11.8 Å². The summed E-state index contributed by atoms with van der Waals surface area (Å²) in [6.07, 6.45) is 5.78. The van der Waals surface area contributed by atoms with E-state index in [1.807, 2.05) is 25.1 Å². The highest BCUT2D eigenvalue weighted by Crippen LogP contribution is 2.39. The predicted molar refractivity (Wildman–Crippen MR) is 80.2 cm³/mol. The van der Waals surface area contributed by atoms with Crippen LogP contribution in [-0.2, 0) is 4.79 Å². The van der Waals surface area contributed by atoms with Gasteiger partial charge in [0.05, 0.1) is 0 Å². The van der Waals surface area contributed by atoms with Gasteiger partial charge in [0.25, 0.3) is 0 Å². The van der Waals surface area contributed by atoms with Gasteiger partial charge in [-0.3, -0.25) is 0 Å². The first kappa shape index (κ1) is 13.9. The molecule has 1 N–H and O–H groups in total. The number of rotatable bonds is 3. The summed E-state index contributed by atoms with van der Waals surface area (Å²) in [5.41, 5.74) is 2.94. The molecule has 0 fully saturated rings. The van der Waals surface area contributed by atoms with E-state index in [0.717, 1.165) is 0 Å². The van der Waals surface area contributed by atoms with Gasteiger partial charge in [-0.1, -0.05) is 44.2 Å². The van der Waals surface area contributed by atoms with Crippen LogP contribution in [0.15, 0.2) is 46.9 Å². The Morgan fingerprint density at radius 1 is 1.16 bits per heavy atom.